The summed E-state index contributed by atoms with van der Waals surface area (Å²) in [5, 5.41) is 0. The van der Waals surface area contributed by atoms with Gasteiger partial charge in [-0.15, -0.1) is 0 Å². The van der Waals surface area contributed by atoms with Gasteiger partial charge in [0.05, 0.1) is 31.9 Å². The number of aryl methyl sites for hydroxylation is 2. The largest absolute Gasteiger partial charge is 0.493 e. The highest BCUT2D eigenvalue weighted by molar-refractivity contribution is 9.10. The predicted molar refractivity (Wildman–Crippen MR) is 98.8 cm³/mol. The van der Waals surface area contributed by atoms with E-state index in [1.165, 1.54) is 5.56 Å². The van der Waals surface area contributed by atoms with Crippen LogP contribution in [-0.4, -0.2) is 27.4 Å². The Morgan fingerprint density at radius 3 is 2.00 bits per heavy atom. The highest BCUT2D eigenvalue weighted by Gasteiger charge is 2.11. The molecule has 0 fully saturated rings. The summed E-state index contributed by atoms with van der Waals surface area (Å²) < 4.78 is 23.3. The third-order valence-electron chi connectivity index (χ3n) is 3.54. The molecular weight excluding hydrogens is 372 g/mol. The molecule has 2 rings (SSSR count). The van der Waals surface area contributed by atoms with Gasteiger partial charge < -0.3 is 18.9 Å². The second-order valence-electron chi connectivity index (χ2n) is 5.43. The van der Waals surface area contributed by atoms with Crippen LogP contribution in [0.2, 0.25) is 0 Å². The van der Waals surface area contributed by atoms with Crippen LogP contribution in [-0.2, 0) is 0 Å². The van der Waals surface area contributed by atoms with E-state index in [-0.39, 0.29) is 0 Å². The summed E-state index contributed by atoms with van der Waals surface area (Å²) in [6.45, 7) is 5.19. The molecule has 0 radical (unpaired) electrons. The van der Waals surface area contributed by atoms with Gasteiger partial charge in [0.15, 0.2) is 11.5 Å². The summed E-state index contributed by atoms with van der Waals surface area (Å²) in [5.74, 6) is 2.82. The number of para-hydroxylation sites is 1. The van der Waals surface area contributed by atoms with Crippen LogP contribution in [0.4, 0.5) is 0 Å². The van der Waals surface area contributed by atoms with Gasteiger partial charge in [0.2, 0.25) is 5.75 Å². The molecule has 0 aliphatic rings. The number of hydrogen-bond donors (Lipinski definition) is 0. The van der Waals surface area contributed by atoms with Gasteiger partial charge in [0.25, 0.3) is 0 Å². The van der Waals surface area contributed by atoms with Crippen molar-refractivity contribution in [3.63, 3.8) is 0 Å². The molecule has 0 saturated carbocycles. The van der Waals surface area contributed by atoms with Crippen LogP contribution in [0.25, 0.3) is 0 Å². The second-order valence-corrected chi connectivity index (χ2v) is 6.29. The minimum absolute atomic E-state index is 0.513. The van der Waals surface area contributed by atoms with E-state index in [9.17, 15) is 0 Å². The van der Waals surface area contributed by atoms with Crippen molar-refractivity contribution in [2.75, 3.05) is 27.4 Å². The van der Waals surface area contributed by atoms with Crippen molar-refractivity contribution in [1.82, 2.24) is 0 Å². The monoisotopic (exact) mass is 394 g/mol. The molecule has 2 aromatic carbocycles. The van der Waals surface area contributed by atoms with Crippen molar-refractivity contribution in [2.45, 2.75) is 20.3 Å². The Bertz CT molecular complexity index is 640. The summed E-state index contributed by atoms with van der Waals surface area (Å²) in [7, 11) is 3.23. The zero-order valence-electron chi connectivity index (χ0n) is 14.5. The first-order chi connectivity index (χ1) is 11.6. The Hall–Kier alpha value is -1.88. The summed E-state index contributed by atoms with van der Waals surface area (Å²) >= 11 is 3.55. The van der Waals surface area contributed by atoms with E-state index in [1.807, 2.05) is 25.1 Å². The molecule has 0 aliphatic carbocycles. The highest BCUT2D eigenvalue weighted by atomic mass is 79.9. The van der Waals surface area contributed by atoms with Crippen LogP contribution < -0.4 is 18.9 Å². The number of benzene rings is 2. The van der Waals surface area contributed by atoms with Crippen molar-refractivity contribution in [3.05, 3.63) is 45.9 Å². The number of methoxy groups -OCH3 is 2. The molecule has 0 N–H and O–H groups in total. The van der Waals surface area contributed by atoms with Gasteiger partial charge in [0, 0.05) is 6.42 Å². The topological polar surface area (TPSA) is 36.9 Å². The highest BCUT2D eigenvalue weighted by Crippen LogP contribution is 2.36. The maximum atomic E-state index is 5.88. The van der Waals surface area contributed by atoms with Gasteiger partial charge in [-0.25, -0.2) is 0 Å². The van der Waals surface area contributed by atoms with Crippen molar-refractivity contribution in [1.29, 1.82) is 0 Å². The second kappa shape index (κ2) is 8.83. The Kier molecular flexibility index (Phi) is 6.79. The van der Waals surface area contributed by atoms with Gasteiger partial charge in [-0.3, -0.25) is 0 Å². The molecule has 0 spiro atoms. The third-order valence-corrected chi connectivity index (χ3v) is 4.13. The summed E-state index contributed by atoms with van der Waals surface area (Å²) in [6.07, 6.45) is 0.751. The smallest absolute Gasteiger partial charge is 0.203 e. The van der Waals surface area contributed by atoms with Crippen LogP contribution in [0.15, 0.2) is 34.8 Å². The lowest BCUT2D eigenvalue weighted by Gasteiger charge is -2.15. The molecule has 0 saturated heterocycles. The SMILES string of the molecule is COc1cccc(OC)c1OCCCOc1c(C)cc(C)cc1Br. The summed E-state index contributed by atoms with van der Waals surface area (Å²) in [4.78, 5) is 0. The van der Waals surface area contributed by atoms with Gasteiger partial charge >= 0.3 is 0 Å². The lowest BCUT2D eigenvalue weighted by atomic mass is 10.1. The lowest BCUT2D eigenvalue weighted by molar-refractivity contribution is 0.231. The standard InChI is InChI=1S/C19H23BrO4/c1-13-11-14(2)18(15(20)12-13)23-9-6-10-24-19-16(21-3)7-5-8-17(19)22-4/h5,7-8,11-12H,6,9-10H2,1-4H3. The Balaban J connectivity index is 1.88. The van der Waals surface area contributed by atoms with Crippen molar-refractivity contribution in [2.24, 2.45) is 0 Å². The molecule has 0 aliphatic heterocycles. The lowest BCUT2D eigenvalue weighted by Crippen LogP contribution is -2.07. The van der Waals surface area contributed by atoms with E-state index in [0.29, 0.717) is 30.5 Å². The zero-order chi connectivity index (χ0) is 17.5. The fourth-order valence-corrected chi connectivity index (χ4v) is 3.24. The number of ether oxygens (including phenoxy) is 4. The zero-order valence-corrected chi connectivity index (χ0v) is 16.1. The van der Waals surface area contributed by atoms with E-state index in [1.54, 1.807) is 14.2 Å². The third kappa shape index (κ3) is 4.57. The molecule has 0 amide bonds. The van der Waals surface area contributed by atoms with E-state index in [2.05, 4.69) is 35.0 Å². The van der Waals surface area contributed by atoms with E-state index < -0.39 is 0 Å². The van der Waals surface area contributed by atoms with E-state index in [0.717, 1.165) is 22.2 Å². The molecular formula is C19H23BrO4. The molecule has 4 nitrogen and oxygen atoms in total. The van der Waals surface area contributed by atoms with Crippen LogP contribution in [0, 0.1) is 13.8 Å². The van der Waals surface area contributed by atoms with Crippen LogP contribution in [0.3, 0.4) is 0 Å². The molecule has 130 valence electrons. The van der Waals surface area contributed by atoms with Gasteiger partial charge in [-0.2, -0.15) is 0 Å². The minimum Gasteiger partial charge on any atom is -0.493 e. The molecule has 24 heavy (non-hydrogen) atoms. The van der Waals surface area contributed by atoms with E-state index >= 15 is 0 Å². The first kappa shape index (κ1) is 18.5. The Morgan fingerprint density at radius 1 is 0.875 bits per heavy atom. The van der Waals surface area contributed by atoms with Crippen molar-refractivity contribution < 1.29 is 18.9 Å². The van der Waals surface area contributed by atoms with Crippen molar-refractivity contribution in [3.8, 4) is 23.0 Å². The molecule has 0 heterocycles. The van der Waals surface area contributed by atoms with E-state index in [4.69, 9.17) is 18.9 Å². The number of rotatable bonds is 8. The van der Waals surface area contributed by atoms with Crippen LogP contribution in [0.5, 0.6) is 23.0 Å². The van der Waals surface area contributed by atoms with Gasteiger partial charge in [-0.1, -0.05) is 12.1 Å². The maximum absolute atomic E-state index is 5.88. The number of halogens is 1. The Labute approximate surface area is 151 Å². The van der Waals surface area contributed by atoms with Crippen LogP contribution >= 0.6 is 15.9 Å². The molecule has 0 atom stereocenters. The fourth-order valence-electron chi connectivity index (χ4n) is 2.45. The summed E-state index contributed by atoms with van der Waals surface area (Å²) in [6, 6.07) is 9.72. The van der Waals surface area contributed by atoms with Gasteiger partial charge in [0.1, 0.15) is 5.75 Å². The molecule has 2 aromatic rings. The Morgan fingerprint density at radius 2 is 1.46 bits per heavy atom. The maximum Gasteiger partial charge on any atom is 0.203 e. The normalized spacial score (nSPS) is 10.4. The van der Waals surface area contributed by atoms with Crippen LogP contribution in [0.1, 0.15) is 17.5 Å². The molecule has 0 aromatic heterocycles. The fraction of sp³-hybridized carbons (Fsp3) is 0.368. The average molecular weight is 395 g/mol. The average Bonchev–Trinajstić information content (AvgIpc) is 2.56. The van der Waals surface area contributed by atoms with Gasteiger partial charge in [-0.05, 0) is 59.1 Å². The molecule has 5 heteroatoms. The first-order valence-corrected chi connectivity index (χ1v) is 8.59. The molecule has 0 unspecified atom stereocenters. The minimum atomic E-state index is 0.513. The summed E-state index contributed by atoms with van der Waals surface area (Å²) in [5.41, 5.74) is 2.33. The molecule has 0 bridgehead atoms. The van der Waals surface area contributed by atoms with Crippen molar-refractivity contribution >= 4 is 15.9 Å². The number of hydrogen-bond acceptors (Lipinski definition) is 4. The quantitative estimate of drug-likeness (QED) is 0.594. The first-order valence-electron chi connectivity index (χ1n) is 7.80. The predicted octanol–water partition coefficient (Wildman–Crippen LogP) is 4.93.